The molecule has 0 spiro atoms. The van der Waals surface area contributed by atoms with E-state index in [0.29, 0.717) is 18.0 Å². The molecule has 1 aromatic rings. The fourth-order valence-electron chi connectivity index (χ4n) is 1.06. The summed E-state index contributed by atoms with van der Waals surface area (Å²) in [4.78, 5) is 11.0. The van der Waals surface area contributed by atoms with Crippen molar-refractivity contribution in [2.24, 2.45) is 0 Å². The molecule has 5 heteroatoms. The fraction of sp³-hybridized carbons (Fsp3) is 0.300. The minimum Gasteiger partial charge on any atom is -0.465 e. The monoisotopic (exact) mass is 212 g/mol. The molecule has 0 aliphatic carbocycles. The van der Waals surface area contributed by atoms with E-state index in [4.69, 9.17) is 10.5 Å². The Bertz CT molecular complexity index is 355. The number of nitrogens with two attached hydrogens (primary N) is 1. The first-order valence-corrected chi connectivity index (χ1v) is 4.58. The molecule has 0 saturated heterocycles. The number of benzene rings is 1. The average molecular weight is 212 g/mol. The van der Waals surface area contributed by atoms with E-state index in [1.807, 2.05) is 0 Å². The lowest BCUT2D eigenvalue weighted by atomic mass is 10.2. The van der Waals surface area contributed by atoms with Crippen LogP contribution < -0.4 is 11.1 Å². The highest BCUT2D eigenvalue weighted by atomic mass is 19.1. The van der Waals surface area contributed by atoms with Crippen molar-refractivity contribution in [2.75, 3.05) is 24.2 Å². The molecule has 4 nitrogen and oxygen atoms in total. The standard InChI is InChI=1S/C10H13FN2O2/c1-2-15-10(14)6-13-9-5-7(11)3-4-8(9)12/h3-5,13H,2,6,12H2,1H3. The van der Waals surface area contributed by atoms with Gasteiger partial charge in [-0.3, -0.25) is 4.79 Å². The Balaban J connectivity index is 2.57. The van der Waals surface area contributed by atoms with Crippen molar-refractivity contribution in [1.29, 1.82) is 0 Å². The van der Waals surface area contributed by atoms with E-state index < -0.39 is 11.8 Å². The summed E-state index contributed by atoms with van der Waals surface area (Å²) in [6, 6.07) is 3.92. The Kier molecular flexibility index (Phi) is 3.91. The maximum absolute atomic E-state index is 12.8. The van der Waals surface area contributed by atoms with E-state index in [0.717, 1.165) is 0 Å². The van der Waals surface area contributed by atoms with Gasteiger partial charge in [0.1, 0.15) is 12.4 Å². The SMILES string of the molecule is CCOC(=O)CNc1cc(F)ccc1N. The first-order chi connectivity index (χ1) is 7.13. The Morgan fingerprint density at radius 3 is 3.00 bits per heavy atom. The van der Waals surface area contributed by atoms with Crippen LogP contribution in [0.4, 0.5) is 15.8 Å². The Labute approximate surface area is 87.2 Å². The number of halogens is 1. The molecule has 0 aromatic heterocycles. The number of rotatable bonds is 4. The van der Waals surface area contributed by atoms with Gasteiger partial charge in [-0.1, -0.05) is 0 Å². The second-order valence-corrected chi connectivity index (χ2v) is 2.89. The molecule has 0 heterocycles. The zero-order chi connectivity index (χ0) is 11.3. The second-order valence-electron chi connectivity index (χ2n) is 2.89. The maximum atomic E-state index is 12.8. The molecule has 0 atom stereocenters. The third-order valence-electron chi connectivity index (χ3n) is 1.74. The molecule has 0 radical (unpaired) electrons. The van der Waals surface area contributed by atoms with Gasteiger partial charge < -0.3 is 15.8 Å². The Morgan fingerprint density at radius 1 is 1.60 bits per heavy atom. The lowest BCUT2D eigenvalue weighted by Gasteiger charge is -2.08. The maximum Gasteiger partial charge on any atom is 0.325 e. The number of anilines is 2. The zero-order valence-corrected chi connectivity index (χ0v) is 8.42. The van der Waals surface area contributed by atoms with Crippen LogP contribution in [0.25, 0.3) is 0 Å². The number of esters is 1. The lowest BCUT2D eigenvalue weighted by Crippen LogP contribution is -2.17. The highest BCUT2D eigenvalue weighted by molar-refractivity contribution is 5.77. The predicted octanol–water partition coefficient (Wildman–Crippen LogP) is 1.38. The summed E-state index contributed by atoms with van der Waals surface area (Å²) in [6.07, 6.45) is 0. The molecule has 0 aliphatic rings. The molecule has 0 unspecified atom stereocenters. The summed E-state index contributed by atoms with van der Waals surface area (Å²) < 4.78 is 17.5. The van der Waals surface area contributed by atoms with Gasteiger partial charge in [-0.05, 0) is 25.1 Å². The molecule has 82 valence electrons. The summed E-state index contributed by atoms with van der Waals surface area (Å²) in [5.74, 6) is -0.809. The largest absolute Gasteiger partial charge is 0.465 e. The van der Waals surface area contributed by atoms with Gasteiger partial charge in [-0.15, -0.1) is 0 Å². The van der Waals surface area contributed by atoms with Crippen LogP contribution in [0.1, 0.15) is 6.92 Å². The van der Waals surface area contributed by atoms with Crippen molar-refractivity contribution in [3.63, 3.8) is 0 Å². The third-order valence-corrected chi connectivity index (χ3v) is 1.74. The van der Waals surface area contributed by atoms with E-state index in [1.165, 1.54) is 18.2 Å². The van der Waals surface area contributed by atoms with Crippen molar-refractivity contribution in [3.8, 4) is 0 Å². The molecule has 0 aliphatic heterocycles. The molecular formula is C10H13FN2O2. The number of nitrogen functional groups attached to an aromatic ring is 1. The van der Waals surface area contributed by atoms with Crippen LogP contribution in [0.15, 0.2) is 18.2 Å². The minimum absolute atomic E-state index is 0.0263. The summed E-state index contributed by atoms with van der Waals surface area (Å²) >= 11 is 0. The first kappa shape index (κ1) is 11.3. The number of nitrogens with one attached hydrogen (secondary N) is 1. The quantitative estimate of drug-likeness (QED) is 0.584. The predicted molar refractivity (Wildman–Crippen MR) is 55.9 cm³/mol. The van der Waals surface area contributed by atoms with Crippen LogP contribution >= 0.6 is 0 Å². The van der Waals surface area contributed by atoms with Crippen LogP contribution in [0.3, 0.4) is 0 Å². The molecule has 0 bridgehead atoms. The normalized spacial score (nSPS) is 9.73. The molecule has 3 N–H and O–H groups in total. The third kappa shape index (κ3) is 3.46. The molecule has 1 rings (SSSR count). The highest BCUT2D eigenvalue weighted by Crippen LogP contribution is 2.18. The van der Waals surface area contributed by atoms with E-state index in [1.54, 1.807) is 6.92 Å². The van der Waals surface area contributed by atoms with Gasteiger partial charge in [0, 0.05) is 0 Å². The van der Waals surface area contributed by atoms with Crippen molar-refractivity contribution in [2.45, 2.75) is 6.92 Å². The van der Waals surface area contributed by atoms with Crippen LogP contribution in [-0.2, 0) is 9.53 Å². The van der Waals surface area contributed by atoms with Crippen LogP contribution in [0, 0.1) is 5.82 Å². The molecular weight excluding hydrogens is 199 g/mol. The zero-order valence-electron chi connectivity index (χ0n) is 8.42. The number of carbonyl (C=O) groups is 1. The van der Waals surface area contributed by atoms with E-state index in [-0.39, 0.29) is 6.54 Å². The summed E-state index contributed by atoms with van der Waals surface area (Å²) in [6.45, 7) is 2.01. The van der Waals surface area contributed by atoms with E-state index in [9.17, 15) is 9.18 Å². The smallest absolute Gasteiger partial charge is 0.325 e. The number of carbonyl (C=O) groups excluding carboxylic acids is 1. The Morgan fingerprint density at radius 2 is 2.33 bits per heavy atom. The molecule has 0 fully saturated rings. The van der Waals surface area contributed by atoms with E-state index in [2.05, 4.69) is 5.32 Å². The van der Waals surface area contributed by atoms with Crippen LogP contribution in [0.5, 0.6) is 0 Å². The van der Waals surface area contributed by atoms with Crippen LogP contribution in [0.2, 0.25) is 0 Å². The average Bonchev–Trinajstić information content (AvgIpc) is 2.20. The molecule has 0 saturated carbocycles. The summed E-state index contributed by atoms with van der Waals surface area (Å²) in [5, 5.41) is 2.70. The van der Waals surface area contributed by atoms with Gasteiger partial charge in [-0.2, -0.15) is 0 Å². The topological polar surface area (TPSA) is 64.3 Å². The van der Waals surface area contributed by atoms with Gasteiger partial charge in [0.05, 0.1) is 18.0 Å². The highest BCUT2D eigenvalue weighted by Gasteiger charge is 2.04. The van der Waals surface area contributed by atoms with Gasteiger partial charge in [-0.25, -0.2) is 4.39 Å². The van der Waals surface area contributed by atoms with Crippen LogP contribution in [-0.4, -0.2) is 19.1 Å². The van der Waals surface area contributed by atoms with Crippen molar-refractivity contribution < 1.29 is 13.9 Å². The number of ether oxygens (including phenoxy) is 1. The first-order valence-electron chi connectivity index (χ1n) is 4.58. The van der Waals surface area contributed by atoms with Gasteiger partial charge in [0.2, 0.25) is 0 Å². The lowest BCUT2D eigenvalue weighted by molar-refractivity contribution is -0.140. The summed E-state index contributed by atoms with van der Waals surface area (Å²) in [5.41, 5.74) is 6.35. The molecule has 0 amide bonds. The van der Waals surface area contributed by atoms with Gasteiger partial charge in [0.25, 0.3) is 0 Å². The van der Waals surface area contributed by atoms with Gasteiger partial charge in [0.15, 0.2) is 0 Å². The Hall–Kier alpha value is -1.78. The van der Waals surface area contributed by atoms with Crippen molar-refractivity contribution in [3.05, 3.63) is 24.0 Å². The summed E-state index contributed by atoms with van der Waals surface area (Å²) in [7, 11) is 0. The van der Waals surface area contributed by atoms with E-state index >= 15 is 0 Å². The minimum atomic E-state index is -0.407. The fourth-order valence-corrected chi connectivity index (χ4v) is 1.06. The molecule has 1 aromatic carbocycles. The van der Waals surface area contributed by atoms with Crippen molar-refractivity contribution in [1.82, 2.24) is 0 Å². The second kappa shape index (κ2) is 5.19. The number of hydrogen-bond acceptors (Lipinski definition) is 4. The molecule has 15 heavy (non-hydrogen) atoms. The van der Waals surface area contributed by atoms with Crippen molar-refractivity contribution >= 4 is 17.3 Å². The number of hydrogen-bond donors (Lipinski definition) is 2. The van der Waals surface area contributed by atoms with Gasteiger partial charge >= 0.3 is 5.97 Å².